The average Bonchev–Trinajstić information content (AvgIpc) is 3.28. The molecule has 9 heteroatoms. The number of carbonyl (C=O) groups excluding carboxylic acids is 1. The van der Waals surface area contributed by atoms with Crippen LogP contribution in [-0.2, 0) is 4.79 Å². The number of para-hydroxylation sites is 3. The Balaban J connectivity index is 1.35. The Morgan fingerprint density at radius 1 is 0.968 bits per heavy atom. The third-order valence-electron chi connectivity index (χ3n) is 4.20. The molecule has 0 atom stereocenters. The average molecular weight is 433 g/mol. The van der Waals surface area contributed by atoms with Crippen molar-refractivity contribution in [2.45, 2.75) is 5.16 Å². The van der Waals surface area contributed by atoms with Crippen molar-refractivity contribution < 1.29 is 14.3 Å². The van der Waals surface area contributed by atoms with Crippen LogP contribution >= 0.6 is 11.8 Å². The first-order chi connectivity index (χ1) is 15.2. The number of benzene rings is 3. The fraction of sp³-hybridized carbons (Fsp3) is 0.0909. The van der Waals surface area contributed by atoms with E-state index in [0.717, 1.165) is 5.75 Å². The van der Waals surface area contributed by atoms with Gasteiger partial charge in [0.2, 0.25) is 11.1 Å². The molecule has 0 bridgehead atoms. The van der Waals surface area contributed by atoms with Gasteiger partial charge in [-0.25, -0.2) is 0 Å². The van der Waals surface area contributed by atoms with Crippen molar-refractivity contribution in [3.8, 4) is 22.9 Å². The molecule has 4 aromatic rings. The minimum absolute atomic E-state index is 0.151. The molecule has 0 saturated carbocycles. The summed E-state index contributed by atoms with van der Waals surface area (Å²) in [7, 11) is 1.58. The van der Waals surface area contributed by atoms with E-state index in [0.29, 0.717) is 28.0 Å². The maximum absolute atomic E-state index is 12.4. The van der Waals surface area contributed by atoms with Gasteiger partial charge in [0, 0.05) is 5.69 Å². The SMILES string of the molecule is COc1ccccc1-n1nnnc1SCC(=O)Nc1ccc(Oc2ccccc2)cc1. The predicted octanol–water partition coefficient (Wildman–Crippen LogP) is 4.19. The highest BCUT2D eigenvalue weighted by molar-refractivity contribution is 7.99. The van der Waals surface area contributed by atoms with Crippen molar-refractivity contribution in [1.29, 1.82) is 0 Å². The number of nitrogens with one attached hydrogen (secondary N) is 1. The number of amides is 1. The summed E-state index contributed by atoms with van der Waals surface area (Å²) < 4.78 is 12.7. The predicted molar refractivity (Wildman–Crippen MR) is 118 cm³/mol. The highest BCUT2D eigenvalue weighted by atomic mass is 32.2. The number of carbonyl (C=O) groups is 1. The summed E-state index contributed by atoms with van der Waals surface area (Å²) in [5.41, 5.74) is 1.38. The van der Waals surface area contributed by atoms with Gasteiger partial charge in [0.05, 0.1) is 12.9 Å². The van der Waals surface area contributed by atoms with E-state index < -0.39 is 0 Å². The maximum Gasteiger partial charge on any atom is 0.234 e. The van der Waals surface area contributed by atoms with Gasteiger partial charge < -0.3 is 14.8 Å². The molecule has 0 unspecified atom stereocenters. The van der Waals surface area contributed by atoms with Crippen molar-refractivity contribution in [3.63, 3.8) is 0 Å². The summed E-state index contributed by atoms with van der Waals surface area (Å²) in [4.78, 5) is 12.4. The van der Waals surface area contributed by atoms with E-state index >= 15 is 0 Å². The lowest BCUT2D eigenvalue weighted by Gasteiger charge is -2.09. The monoisotopic (exact) mass is 433 g/mol. The maximum atomic E-state index is 12.4. The number of ether oxygens (including phenoxy) is 2. The molecule has 31 heavy (non-hydrogen) atoms. The van der Waals surface area contributed by atoms with Crippen LogP contribution in [0, 0.1) is 0 Å². The molecule has 0 saturated heterocycles. The summed E-state index contributed by atoms with van der Waals surface area (Å²) in [6.45, 7) is 0. The lowest BCUT2D eigenvalue weighted by Crippen LogP contribution is -2.14. The zero-order valence-electron chi connectivity index (χ0n) is 16.6. The number of aromatic nitrogens is 4. The second-order valence-electron chi connectivity index (χ2n) is 6.32. The number of hydrogen-bond acceptors (Lipinski definition) is 7. The molecule has 1 N–H and O–H groups in total. The van der Waals surface area contributed by atoms with Gasteiger partial charge in [0.1, 0.15) is 22.9 Å². The summed E-state index contributed by atoms with van der Waals surface area (Å²) in [6.07, 6.45) is 0. The van der Waals surface area contributed by atoms with Gasteiger partial charge in [0.15, 0.2) is 0 Å². The Morgan fingerprint density at radius 2 is 1.68 bits per heavy atom. The number of anilines is 1. The Kier molecular flexibility index (Phi) is 6.44. The summed E-state index contributed by atoms with van der Waals surface area (Å²) in [6, 6.07) is 24.1. The molecule has 1 heterocycles. The Bertz CT molecular complexity index is 1150. The first-order valence-electron chi connectivity index (χ1n) is 9.40. The van der Waals surface area contributed by atoms with Gasteiger partial charge in [-0.1, -0.05) is 42.1 Å². The van der Waals surface area contributed by atoms with Crippen LogP contribution < -0.4 is 14.8 Å². The van der Waals surface area contributed by atoms with Crippen molar-refractivity contribution in [2.24, 2.45) is 0 Å². The molecular formula is C22H19N5O3S. The number of methoxy groups -OCH3 is 1. The van der Waals surface area contributed by atoms with E-state index in [1.807, 2.05) is 54.6 Å². The highest BCUT2D eigenvalue weighted by Gasteiger charge is 2.14. The van der Waals surface area contributed by atoms with E-state index in [-0.39, 0.29) is 11.7 Å². The number of hydrogen-bond donors (Lipinski definition) is 1. The van der Waals surface area contributed by atoms with Crippen molar-refractivity contribution in [3.05, 3.63) is 78.9 Å². The second-order valence-corrected chi connectivity index (χ2v) is 7.26. The summed E-state index contributed by atoms with van der Waals surface area (Å²) in [5.74, 6) is 2.06. The minimum Gasteiger partial charge on any atom is -0.494 e. The summed E-state index contributed by atoms with van der Waals surface area (Å²) in [5, 5.41) is 15.1. The van der Waals surface area contributed by atoms with Gasteiger partial charge in [-0.15, -0.1) is 5.10 Å². The largest absolute Gasteiger partial charge is 0.494 e. The van der Waals surface area contributed by atoms with Crippen LogP contribution in [0.3, 0.4) is 0 Å². The van der Waals surface area contributed by atoms with Gasteiger partial charge >= 0.3 is 0 Å². The number of rotatable bonds is 8. The first-order valence-corrected chi connectivity index (χ1v) is 10.4. The molecule has 0 spiro atoms. The van der Waals surface area contributed by atoms with Gasteiger partial charge in [0.25, 0.3) is 0 Å². The molecule has 0 aliphatic carbocycles. The molecule has 4 rings (SSSR count). The molecule has 0 aliphatic rings. The molecule has 1 aromatic heterocycles. The van der Waals surface area contributed by atoms with Crippen LogP contribution in [-0.4, -0.2) is 39.0 Å². The molecule has 8 nitrogen and oxygen atoms in total. The molecule has 0 aliphatic heterocycles. The van der Waals surface area contributed by atoms with E-state index in [2.05, 4.69) is 20.8 Å². The standard InChI is InChI=1S/C22H19N5O3S/c1-29-20-10-6-5-9-19(20)27-22(24-25-26-27)31-15-21(28)23-16-11-13-18(14-12-16)30-17-7-3-2-4-8-17/h2-14H,15H2,1H3,(H,23,28). The molecule has 156 valence electrons. The van der Waals surface area contributed by atoms with Gasteiger partial charge in [-0.05, 0) is 59.0 Å². The van der Waals surface area contributed by atoms with E-state index in [4.69, 9.17) is 9.47 Å². The normalized spacial score (nSPS) is 10.5. The van der Waals surface area contributed by atoms with E-state index in [1.165, 1.54) is 11.8 Å². The van der Waals surface area contributed by atoms with Crippen LogP contribution in [0.2, 0.25) is 0 Å². The first kappa shape index (κ1) is 20.4. The Morgan fingerprint density at radius 3 is 2.45 bits per heavy atom. The van der Waals surface area contributed by atoms with Gasteiger partial charge in [-0.2, -0.15) is 4.68 Å². The molecular weight excluding hydrogens is 414 g/mol. The smallest absolute Gasteiger partial charge is 0.234 e. The number of thioether (sulfide) groups is 1. The van der Waals surface area contributed by atoms with E-state index in [9.17, 15) is 4.79 Å². The fourth-order valence-corrected chi connectivity index (χ4v) is 3.47. The molecule has 0 fully saturated rings. The molecule has 1 amide bonds. The van der Waals surface area contributed by atoms with Crippen LogP contribution in [0.4, 0.5) is 5.69 Å². The zero-order valence-corrected chi connectivity index (χ0v) is 17.5. The van der Waals surface area contributed by atoms with Crippen LogP contribution in [0.1, 0.15) is 0 Å². The second kappa shape index (κ2) is 9.77. The quantitative estimate of drug-likeness (QED) is 0.417. The number of nitrogens with zero attached hydrogens (tertiary/aromatic N) is 4. The summed E-state index contributed by atoms with van der Waals surface area (Å²) >= 11 is 1.23. The van der Waals surface area contributed by atoms with Crippen molar-refractivity contribution in [2.75, 3.05) is 18.2 Å². The van der Waals surface area contributed by atoms with Crippen molar-refractivity contribution >= 4 is 23.4 Å². The van der Waals surface area contributed by atoms with E-state index in [1.54, 1.807) is 36.1 Å². The third-order valence-corrected chi connectivity index (χ3v) is 5.12. The van der Waals surface area contributed by atoms with Crippen LogP contribution in [0.5, 0.6) is 17.2 Å². The van der Waals surface area contributed by atoms with Crippen LogP contribution in [0.15, 0.2) is 84.0 Å². The number of tetrazole rings is 1. The Hall–Kier alpha value is -3.85. The lowest BCUT2D eigenvalue weighted by atomic mass is 10.3. The van der Waals surface area contributed by atoms with Gasteiger partial charge in [-0.3, -0.25) is 4.79 Å². The Labute approximate surface area is 183 Å². The van der Waals surface area contributed by atoms with Crippen LogP contribution in [0.25, 0.3) is 5.69 Å². The molecule has 3 aromatic carbocycles. The fourth-order valence-electron chi connectivity index (χ4n) is 2.78. The van der Waals surface area contributed by atoms with Crippen molar-refractivity contribution in [1.82, 2.24) is 20.2 Å². The third kappa shape index (κ3) is 5.20. The minimum atomic E-state index is -0.170. The molecule has 0 radical (unpaired) electrons. The zero-order chi connectivity index (χ0) is 21.5. The highest BCUT2D eigenvalue weighted by Crippen LogP contribution is 2.26. The lowest BCUT2D eigenvalue weighted by molar-refractivity contribution is -0.113. The topological polar surface area (TPSA) is 91.2 Å².